The molecule has 0 spiro atoms. The monoisotopic (exact) mass is 295 g/mol. The molecule has 2 aliphatic rings. The number of piperidine rings is 1. The van der Waals surface area contributed by atoms with Crippen molar-refractivity contribution in [3.63, 3.8) is 0 Å². The number of nitrogens with one attached hydrogen (secondary N) is 1. The summed E-state index contributed by atoms with van der Waals surface area (Å²) in [7, 11) is 0. The zero-order chi connectivity index (χ0) is 15.1. The minimum atomic E-state index is 0.325. The number of hydrogen-bond acceptors (Lipinski definition) is 3. The second-order valence-electron chi connectivity index (χ2n) is 6.58. The first-order valence-corrected chi connectivity index (χ1v) is 8.98. The lowest BCUT2D eigenvalue weighted by molar-refractivity contribution is -0.131. The Balaban J connectivity index is 1.67. The number of likely N-dealkylation sites (tertiary alicyclic amines) is 1. The molecule has 2 unspecified atom stereocenters. The first-order chi connectivity index (χ1) is 10.2. The topological polar surface area (TPSA) is 35.6 Å². The van der Waals surface area contributed by atoms with E-state index in [0.717, 1.165) is 38.0 Å². The largest absolute Gasteiger partial charge is 0.343 e. The van der Waals surface area contributed by atoms with E-state index in [1.165, 1.54) is 45.3 Å². The van der Waals surface area contributed by atoms with Gasteiger partial charge in [-0.3, -0.25) is 4.79 Å². The summed E-state index contributed by atoms with van der Waals surface area (Å²) in [5, 5.41) is 3.66. The second-order valence-corrected chi connectivity index (χ2v) is 6.58. The molecule has 0 aromatic heterocycles. The maximum Gasteiger partial charge on any atom is 0.222 e. The van der Waals surface area contributed by atoms with Crippen LogP contribution in [0.2, 0.25) is 0 Å². The van der Waals surface area contributed by atoms with Crippen LogP contribution in [0.5, 0.6) is 0 Å². The van der Waals surface area contributed by atoms with E-state index in [1.54, 1.807) is 0 Å². The van der Waals surface area contributed by atoms with Crippen LogP contribution in [0.15, 0.2) is 0 Å². The van der Waals surface area contributed by atoms with Gasteiger partial charge in [0.25, 0.3) is 0 Å². The van der Waals surface area contributed by atoms with E-state index in [9.17, 15) is 4.79 Å². The molecule has 21 heavy (non-hydrogen) atoms. The molecule has 2 rings (SSSR count). The SMILES string of the molecule is CCN(CC)C(=O)CCCN1CCCC(C2CCCN2)C1. The Morgan fingerprint density at radius 2 is 2.05 bits per heavy atom. The lowest BCUT2D eigenvalue weighted by Crippen LogP contribution is -2.43. The molecule has 2 aliphatic heterocycles. The Hall–Kier alpha value is -0.610. The summed E-state index contributed by atoms with van der Waals surface area (Å²) in [6.45, 7) is 10.6. The van der Waals surface area contributed by atoms with E-state index < -0.39 is 0 Å². The van der Waals surface area contributed by atoms with Crippen LogP contribution in [0, 0.1) is 5.92 Å². The van der Waals surface area contributed by atoms with Gasteiger partial charge in [0.2, 0.25) is 5.91 Å². The van der Waals surface area contributed by atoms with Crippen molar-refractivity contribution in [2.75, 3.05) is 39.3 Å². The summed E-state index contributed by atoms with van der Waals surface area (Å²) in [5.41, 5.74) is 0. The zero-order valence-corrected chi connectivity index (χ0v) is 13.9. The van der Waals surface area contributed by atoms with Gasteiger partial charge in [-0.05, 0) is 71.5 Å². The minimum Gasteiger partial charge on any atom is -0.343 e. The third kappa shape index (κ3) is 4.96. The highest BCUT2D eigenvalue weighted by molar-refractivity contribution is 5.76. The summed E-state index contributed by atoms with van der Waals surface area (Å²) in [6.07, 6.45) is 7.14. The molecule has 2 atom stereocenters. The van der Waals surface area contributed by atoms with Crippen LogP contribution < -0.4 is 5.32 Å². The third-order valence-electron chi connectivity index (χ3n) is 5.19. The summed E-state index contributed by atoms with van der Waals surface area (Å²) in [6, 6.07) is 0.755. The van der Waals surface area contributed by atoms with Gasteiger partial charge in [-0.2, -0.15) is 0 Å². The molecule has 0 aliphatic carbocycles. The molecule has 2 saturated heterocycles. The molecular weight excluding hydrogens is 262 g/mol. The first-order valence-electron chi connectivity index (χ1n) is 8.98. The highest BCUT2D eigenvalue weighted by Crippen LogP contribution is 2.24. The van der Waals surface area contributed by atoms with Gasteiger partial charge < -0.3 is 15.1 Å². The van der Waals surface area contributed by atoms with Crippen molar-refractivity contribution >= 4 is 5.91 Å². The molecular formula is C17H33N3O. The Labute approximate surface area is 130 Å². The fraction of sp³-hybridized carbons (Fsp3) is 0.941. The second kappa shape index (κ2) is 8.74. The number of carbonyl (C=O) groups is 1. The van der Waals surface area contributed by atoms with E-state index >= 15 is 0 Å². The molecule has 2 fully saturated rings. The lowest BCUT2D eigenvalue weighted by atomic mass is 9.89. The highest BCUT2D eigenvalue weighted by atomic mass is 16.2. The third-order valence-corrected chi connectivity index (χ3v) is 5.19. The number of nitrogens with zero attached hydrogens (tertiary/aromatic N) is 2. The van der Waals surface area contributed by atoms with Gasteiger partial charge in [0, 0.05) is 32.1 Å². The number of carbonyl (C=O) groups excluding carboxylic acids is 1. The molecule has 1 amide bonds. The van der Waals surface area contributed by atoms with Crippen molar-refractivity contribution in [1.29, 1.82) is 0 Å². The van der Waals surface area contributed by atoms with Crippen LogP contribution in [0.4, 0.5) is 0 Å². The molecule has 0 radical (unpaired) electrons. The van der Waals surface area contributed by atoms with E-state index in [1.807, 2.05) is 4.90 Å². The van der Waals surface area contributed by atoms with Crippen LogP contribution in [0.1, 0.15) is 52.4 Å². The van der Waals surface area contributed by atoms with Crippen molar-refractivity contribution in [3.8, 4) is 0 Å². The van der Waals surface area contributed by atoms with Crippen molar-refractivity contribution < 1.29 is 4.79 Å². The maximum atomic E-state index is 12.0. The predicted octanol–water partition coefficient (Wildman–Crippen LogP) is 2.10. The Morgan fingerprint density at radius 1 is 1.24 bits per heavy atom. The molecule has 0 aromatic carbocycles. The quantitative estimate of drug-likeness (QED) is 0.781. The van der Waals surface area contributed by atoms with Crippen LogP contribution >= 0.6 is 0 Å². The average molecular weight is 295 g/mol. The van der Waals surface area contributed by atoms with Crippen LogP contribution in [0.3, 0.4) is 0 Å². The Kier molecular flexibility index (Phi) is 6.97. The average Bonchev–Trinajstić information content (AvgIpc) is 3.03. The van der Waals surface area contributed by atoms with E-state index in [-0.39, 0.29) is 0 Å². The minimum absolute atomic E-state index is 0.325. The molecule has 2 heterocycles. The van der Waals surface area contributed by atoms with Crippen molar-refractivity contribution in [3.05, 3.63) is 0 Å². The normalized spacial score (nSPS) is 27.0. The van der Waals surface area contributed by atoms with Gasteiger partial charge in [-0.25, -0.2) is 0 Å². The fourth-order valence-corrected chi connectivity index (χ4v) is 3.92. The number of hydrogen-bond donors (Lipinski definition) is 1. The Morgan fingerprint density at radius 3 is 2.71 bits per heavy atom. The highest BCUT2D eigenvalue weighted by Gasteiger charge is 2.28. The maximum absolute atomic E-state index is 12.0. The van der Waals surface area contributed by atoms with Gasteiger partial charge in [0.1, 0.15) is 0 Å². The summed E-state index contributed by atoms with van der Waals surface area (Å²) in [5.74, 6) is 1.16. The standard InChI is InChI=1S/C17H33N3O/c1-3-20(4-2)17(21)10-7-13-19-12-6-8-15(14-19)16-9-5-11-18-16/h15-16,18H,3-14H2,1-2H3. The van der Waals surface area contributed by atoms with Crippen molar-refractivity contribution in [2.24, 2.45) is 5.92 Å². The Bertz CT molecular complexity index is 311. The van der Waals surface area contributed by atoms with E-state index in [0.29, 0.717) is 12.3 Å². The molecule has 1 N–H and O–H groups in total. The molecule has 0 aromatic rings. The van der Waals surface area contributed by atoms with Crippen molar-refractivity contribution in [2.45, 2.75) is 58.4 Å². The van der Waals surface area contributed by atoms with E-state index in [2.05, 4.69) is 24.1 Å². The smallest absolute Gasteiger partial charge is 0.222 e. The summed E-state index contributed by atoms with van der Waals surface area (Å²) in [4.78, 5) is 16.6. The number of amides is 1. The van der Waals surface area contributed by atoms with Gasteiger partial charge >= 0.3 is 0 Å². The molecule has 0 saturated carbocycles. The number of rotatable bonds is 7. The van der Waals surface area contributed by atoms with Gasteiger partial charge in [-0.1, -0.05) is 0 Å². The fourth-order valence-electron chi connectivity index (χ4n) is 3.92. The van der Waals surface area contributed by atoms with E-state index in [4.69, 9.17) is 0 Å². The lowest BCUT2D eigenvalue weighted by Gasteiger charge is -2.35. The molecule has 122 valence electrons. The summed E-state index contributed by atoms with van der Waals surface area (Å²) >= 11 is 0. The zero-order valence-electron chi connectivity index (χ0n) is 13.9. The summed E-state index contributed by atoms with van der Waals surface area (Å²) < 4.78 is 0. The molecule has 4 nitrogen and oxygen atoms in total. The molecule has 0 bridgehead atoms. The van der Waals surface area contributed by atoms with Gasteiger partial charge in [0.05, 0.1) is 0 Å². The van der Waals surface area contributed by atoms with Gasteiger partial charge in [-0.15, -0.1) is 0 Å². The van der Waals surface area contributed by atoms with Crippen LogP contribution in [-0.2, 0) is 4.79 Å². The van der Waals surface area contributed by atoms with Crippen molar-refractivity contribution in [1.82, 2.24) is 15.1 Å². The first kappa shape index (κ1) is 16.8. The van der Waals surface area contributed by atoms with Crippen LogP contribution in [0.25, 0.3) is 0 Å². The predicted molar refractivity (Wildman–Crippen MR) is 87.4 cm³/mol. The van der Waals surface area contributed by atoms with Crippen LogP contribution in [-0.4, -0.2) is 61.0 Å². The van der Waals surface area contributed by atoms with Gasteiger partial charge in [0.15, 0.2) is 0 Å². The molecule has 4 heteroatoms.